The number of ether oxygens (including phenoxy) is 2. The molecule has 33 heavy (non-hydrogen) atoms. The molecule has 3 aliphatic heterocycles. The average Bonchev–Trinajstić information content (AvgIpc) is 2.85. The summed E-state index contributed by atoms with van der Waals surface area (Å²) in [5.41, 5.74) is 3.18. The fraction of sp³-hybridized carbons (Fsp3) is 0.480. The van der Waals surface area contributed by atoms with Crippen molar-refractivity contribution in [2.75, 3.05) is 74.6 Å². The van der Waals surface area contributed by atoms with Crippen LogP contribution in [0.5, 0.6) is 5.75 Å². The summed E-state index contributed by atoms with van der Waals surface area (Å²) in [5.74, 6) is 0.180. The zero-order chi connectivity index (χ0) is 22.8. The number of alkyl halides is 1. The molecule has 0 bridgehead atoms. The fourth-order valence-electron chi connectivity index (χ4n) is 4.68. The Kier molecular flexibility index (Phi) is 6.37. The zero-order valence-electron chi connectivity index (χ0n) is 19.0. The van der Waals surface area contributed by atoms with E-state index in [0.717, 1.165) is 63.9 Å². The lowest BCUT2D eigenvalue weighted by Gasteiger charge is -2.37. The number of hydrogen-bond acceptors (Lipinski definition) is 6. The Morgan fingerprint density at radius 1 is 0.970 bits per heavy atom. The minimum absolute atomic E-state index is 0.0108. The molecule has 3 heterocycles. The standard InChI is InChI=1S/C25H31FN4O3/c1-28-9-11-30(12-10-28)22-4-2-3-20-21(26)17-23(33-24(20)22)25(31)27-18-5-7-19(8-6-18)29-13-15-32-16-14-29/h2-8,21,23H,9-17H2,1H3,(H,27,31). The van der Waals surface area contributed by atoms with E-state index < -0.39 is 12.3 Å². The van der Waals surface area contributed by atoms with Gasteiger partial charge in [-0.25, -0.2) is 4.39 Å². The van der Waals surface area contributed by atoms with E-state index in [-0.39, 0.29) is 12.3 Å². The molecule has 5 rings (SSSR count). The van der Waals surface area contributed by atoms with Gasteiger partial charge in [-0.3, -0.25) is 4.79 Å². The van der Waals surface area contributed by atoms with E-state index in [9.17, 15) is 4.79 Å². The van der Waals surface area contributed by atoms with E-state index in [2.05, 4.69) is 27.1 Å². The summed E-state index contributed by atoms with van der Waals surface area (Å²) in [6, 6.07) is 13.3. The maximum atomic E-state index is 15.1. The van der Waals surface area contributed by atoms with Gasteiger partial charge in [0.1, 0.15) is 11.9 Å². The maximum Gasteiger partial charge on any atom is 0.265 e. The Bertz CT molecular complexity index is 972. The van der Waals surface area contributed by atoms with Gasteiger partial charge in [-0.15, -0.1) is 0 Å². The van der Waals surface area contributed by atoms with Crippen molar-refractivity contribution in [1.82, 2.24) is 4.90 Å². The molecule has 8 heteroatoms. The van der Waals surface area contributed by atoms with Crippen LogP contribution in [0.2, 0.25) is 0 Å². The second-order valence-corrected chi connectivity index (χ2v) is 8.93. The quantitative estimate of drug-likeness (QED) is 0.767. The van der Waals surface area contributed by atoms with E-state index in [4.69, 9.17) is 9.47 Å². The SMILES string of the molecule is CN1CCN(c2cccc3c2OC(C(=O)Nc2ccc(N4CCOCC4)cc2)CC3F)CC1. The summed E-state index contributed by atoms with van der Waals surface area (Å²) in [6.07, 6.45) is -2.10. The van der Waals surface area contributed by atoms with Crippen LogP contribution in [0.15, 0.2) is 42.5 Å². The molecular weight excluding hydrogens is 423 g/mol. The van der Waals surface area contributed by atoms with Gasteiger partial charge in [-0.05, 0) is 37.4 Å². The number of rotatable bonds is 4. The Balaban J connectivity index is 1.28. The van der Waals surface area contributed by atoms with Crippen LogP contribution in [0, 0.1) is 0 Å². The number of carbonyl (C=O) groups excluding carboxylic acids is 1. The molecule has 7 nitrogen and oxygen atoms in total. The second kappa shape index (κ2) is 9.57. The number of hydrogen-bond donors (Lipinski definition) is 1. The number of carbonyl (C=O) groups is 1. The third kappa shape index (κ3) is 4.77. The summed E-state index contributed by atoms with van der Waals surface area (Å²) >= 11 is 0. The van der Waals surface area contributed by atoms with Gasteiger partial charge in [0, 0.05) is 62.6 Å². The highest BCUT2D eigenvalue weighted by molar-refractivity contribution is 5.95. The number of piperazine rings is 1. The van der Waals surface area contributed by atoms with Gasteiger partial charge >= 0.3 is 0 Å². The normalized spacial score (nSPS) is 23.6. The number of nitrogens with one attached hydrogen (secondary N) is 1. The number of para-hydroxylation sites is 1. The third-order valence-corrected chi connectivity index (χ3v) is 6.69. The molecular formula is C25H31FN4O3. The van der Waals surface area contributed by atoms with Gasteiger partial charge in [0.25, 0.3) is 5.91 Å². The number of morpholine rings is 1. The summed E-state index contributed by atoms with van der Waals surface area (Å²) in [7, 11) is 2.10. The van der Waals surface area contributed by atoms with Gasteiger partial charge in [0.2, 0.25) is 0 Å². The number of benzene rings is 2. The van der Waals surface area contributed by atoms with Gasteiger partial charge in [0.05, 0.1) is 18.9 Å². The molecule has 2 unspecified atom stereocenters. The van der Waals surface area contributed by atoms with Crippen LogP contribution in [-0.4, -0.2) is 76.4 Å². The van der Waals surface area contributed by atoms with Crippen molar-refractivity contribution in [3.63, 3.8) is 0 Å². The molecule has 0 radical (unpaired) electrons. The molecule has 1 amide bonds. The summed E-state index contributed by atoms with van der Waals surface area (Å²) < 4.78 is 26.6. The average molecular weight is 455 g/mol. The van der Waals surface area contributed by atoms with Crippen molar-refractivity contribution in [2.45, 2.75) is 18.7 Å². The molecule has 0 aromatic heterocycles. The highest BCUT2D eigenvalue weighted by Crippen LogP contribution is 2.43. The molecule has 2 atom stereocenters. The van der Waals surface area contributed by atoms with E-state index in [0.29, 0.717) is 17.0 Å². The maximum absolute atomic E-state index is 15.1. The van der Waals surface area contributed by atoms with Crippen molar-refractivity contribution in [3.8, 4) is 5.75 Å². The highest BCUT2D eigenvalue weighted by Gasteiger charge is 2.35. The summed E-state index contributed by atoms with van der Waals surface area (Å²) in [4.78, 5) is 19.7. The van der Waals surface area contributed by atoms with Crippen LogP contribution in [0.25, 0.3) is 0 Å². The van der Waals surface area contributed by atoms with Gasteiger partial charge in [-0.2, -0.15) is 0 Å². The molecule has 2 aromatic rings. The Hall–Kier alpha value is -2.84. The molecule has 2 aromatic carbocycles. The molecule has 2 fully saturated rings. The first kappa shape index (κ1) is 22.0. The number of likely N-dealkylation sites (N-methyl/N-ethyl adjacent to an activating group) is 1. The predicted octanol–water partition coefficient (Wildman–Crippen LogP) is 3.08. The first-order chi connectivity index (χ1) is 16.1. The first-order valence-corrected chi connectivity index (χ1v) is 11.7. The smallest absolute Gasteiger partial charge is 0.265 e. The van der Waals surface area contributed by atoms with Crippen LogP contribution < -0.4 is 19.9 Å². The van der Waals surface area contributed by atoms with Crippen LogP contribution >= 0.6 is 0 Å². The number of nitrogens with zero attached hydrogens (tertiary/aromatic N) is 3. The lowest BCUT2D eigenvalue weighted by molar-refractivity contribution is -0.124. The third-order valence-electron chi connectivity index (χ3n) is 6.69. The van der Waals surface area contributed by atoms with Crippen LogP contribution in [0.1, 0.15) is 18.2 Å². The van der Waals surface area contributed by atoms with Crippen molar-refractivity contribution in [2.24, 2.45) is 0 Å². The van der Waals surface area contributed by atoms with E-state index in [1.807, 2.05) is 36.4 Å². The van der Waals surface area contributed by atoms with Gasteiger partial charge < -0.3 is 29.5 Å². The highest BCUT2D eigenvalue weighted by atomic mass is 19.1. The number of amides is 1. The van der Waals surface area contributed by atoms with Crippen LogP contribution in [-0.2, 0) is 9.53 Å². The summed E-state index contributed by atoms with van der Waals surface area (Å²) in [6.45, 7) is 6.72. The molecule has 1 N–H and O–H groups in total. The van der Waals surface area contributed by atoms with Gasteiger partial charge in [-0.1, -0.05) is 12.1 Å². The number of anilines is 3. The zero-order valence-corrected chi connectivity index (χ0v) is 19.0. The van der Waals surface area contributed by atoms with Crippen molar-refractivity contribution < 1.29 is 18.7 Å². The van der Waals surface area contributed by atoms with Crippen LogP contribution in [0.3, 0.4) is 0 Å². The minimum Gasteiger partial charge on any atom is -0.478 e. The molecule has 0 aliphatic carbocycles. The lowest BCUT2D eigenvalue weighted by Crippen LogP contribution is -2.45. The molecule has 2 saturated heterocycles. The number of fused-ring (bicyclic) bond motifs is 1. The van der Waals surface area contributed by atoms with Gasteiger partial charge in [0.15, 0.2) is 6.10 Å². The topological polar surface area (TPSA) is 57.3 Å². The molecule has 3 aliphatic rings. The summed E-state index contributed by atoms with van der Waals surface area (Å²) in [5, 5.41) is 2.90. The van der Waals surface area contributed by atoms with E-state index >= 15 is 4.39 Å². The Morgan fingerprint density at radius 2 is 1.70 bits per heavy atom. The van der Waals surface area contributed by atoms with Crippen molar-refractivity contribution in [3.05, 3.63) is 48.0 Å². The van der Waals surface area contributed by atoms with Crippen LogP contribution in [0.4, 0.5) is 21.5 Å². The predicted molar refractivity (Wildman–Crippen MR) is 127 cm³/mol. The number of halogens is 1. The molecule has 0 saturated carbocycles. The fourth-order valence-corrected chi connectivity index (χ4v) is 4.68. The van der Waals surface area contributed by atoms with E-state index in [1.54, 1.807) is 6.07 Å². The monoisotopic (exact) mass is 454 g/mol. The van der Waals surface area contributed by atoms with Crippen molar-refractivity contribution >= 4 is 23.0 Å². The Morgan fingerprint density at radius 3 is 2.42 bits per heavy atom. The first-order valence-electron chi connectivity index (χ1n) is 11.7. The largest absolute Gasteiger partial charge is 0.478 e. The van der Waals surface area contributed by atoms with Crippen molar-refractivity contribution in [1.29, 1.82) is 0 Å². The molecule has 0 spiro atoms. The molecule has 176 valence electrons. The Labute approximate surface area is 194 Å². The second-order valence-electron chi connectivity index (χ2n) is 8.93. The minimum atomic E-state index is -1.24. The van der Waals surface area contributed by atoms with E-state index in [1.165, 1.54) is 0 Å². The lowest BCUT2D eigenvalue weighted by atomic mass is 9.98.